The molecule has 0 spiro atoms. The molecule has 0 N–H and O–H groups in total. The summed E-state index contributed by atoms with van der Waals surface area (Å²) in [5, 5.41) is 0. The van der Waals surface area contributed by atoms with Crippen LogP contribution in [0.1, 0.15) is 51.7 Å². The third-order valence-corrected chi connectivity index (χ3v) is 6.74. The zero-order valence-electron chi connectivity index (χ0n) is 22.9. The van der Waals surface area contributed by atoms with Crippen molar-refractivity contribution >= 4 is 5.69 Å². The summed E-state index contributed by atoms with van der Waals surface area (Å²) in [5.74, 6) is 1.85. The zero-order valence-corrected chi connectivity index (χ0v) is 22.9. The van der Waals surface area contributed by atoms with Crippen LogP contribution >= 0.6 is 0 Å². The molecular weight excluding hydrogens is 456 g/mol. The molecule has 0 bridgehead atoms. The van der Waals surface area contributed by atoms with Crippen molar-refractivity contribution in [3.63, 3.8) is 0 Å². The van der Waals surface area contributed by atoms with Crippen molar-refractivity contribution in [3.05, 3.63) is 102 Å². The molecule has 1 aliphatic heterocycles. The van der Waals surface area contributed by atoms with Crippen molar-refractivity contribution in [1.29, 1.82) is 0 Å². The third kappa shape index (κ3) is 8.40. The Labute approximate surface area is 223 Å². The van der Waals surface area contributed by atoms with Gasteiger partial charge in [-0.2, -0.15) is 0 Å². The van der Waals surface area contributed by atoms with Crippen LogP contribution in [0.15, 0.2) is 90.5 Å². The monoisotopic (exact) mass is 498 g/mol. The molecule has 4 rings (SSSR count). The number of rotatable bonds is 11. The van der Waals surface area contributed by atoms with Gasteiger partial charge in [0.2, 0.25) is 0 Å². The van der Waals surface area contributed by atoms with Crippen molar-refractivity contribution in [2.75, 3.05) is 24.5 Å². The fourth-order valence-electron chi connectivity index (χ4n) is 4.85. The fraction of sp³-hybridized carbons (Fsp3) is 0.394. The topological polar surface area (TPSA) is 24.9 Å². The van der Waals surface area contributed by atoms with Crippen molar-refractivity contribution in [3.8, 4) is 11.5 Å². The second-order valence-corrected chi connectivity index (χ2v) is 10.5. The molecule has 3 aromatic carbocycles. The van der Waals surface area contributed by atoms with Crippen LogP contribution in [0.4, 0.5) is 5.69 Å². The Morgan fingerprint density at radius 3 is 2.30 bits per heavy atom. The van der Waals surface area contributed by atoms with E-state index in [-0.39, 0.29) is 6.10 Å². The van der Waals surface area contributed by atoms with Gasteiger partial charge in [-0.1, -0.05) is 54.1 Å². The second-order valence-electron chi connectivity index (χ2n) is 10.5. The highest BCUT2D eigenvalue weighted by atomic mass is 16.5. The van der Waals surface area contributed by atoms with Crippen molar-refractivity contribution in [2.24, 2.45) is 0 Å². The third-order valence-electron chi connectivity index (χ3n) is 6.74. The van der Waals surface area contributed by atoms with E-state index in [0.717, 1.165) is 37.7 Å². The highest BCUT2D eigenvalue weighted by Crippen LogP contribution is 2.27. The molecule has 1 saturated heterocycles. The van der Waals surface area contributed by atoms with Gasteiger partial charge in [-0.25, -0.2) is 0 Å². The van der Waals surface area contributed by atoms with Crippen LogP contribution < -0.4 is 14.4 Å². The predicted octanol–water partition coefficient (Wildman–Crippen LogP) is 7.49. The Balaban J connectivity index is 1.41. The summed E-state index contributed by atoms with van der Waals surface area (Å²) in [6.07, 6.45) is 4.96. The first-order chi connectivity index (χ1) is 18.0. The predicted molar refractivity (Wildman–Crippen MR) is 154 cm³/mol. The molecule has 4 heteroatoms. The lowest BCUT2D eigenvalue weighted by Gasteiger charge is -2.40. The lowest BCUT2D eigenvalue weighted by molar-refractivity contribution is 0.197. The van der Waals surface area contributed by atoms with Crippen LogP contribution in [0.5, 0.6) is 11.5 Å². The molecule has 0 saturated carbocycles. The largest absolute Gasteiger partial charge is 0.491 e. The SMILES string of the molecule is CC(C)=CCN(c1ccc(OCc2ccccc2)cc1)C1CCCN(Cc2ccc(OC(C)C)cc2)C1. The van der Waals surface area contributed by atoms with E-state index in [9.17, 15) is 0 Å². The molecule has 0 radical (unpaired) electrons. The molecule has 196 valence electrons. The summed E-state index contributed by atoms with van der Waals surface area (Å²) < 4.78 is 11.9. The minimum Gasteiger partial charge on any atom is -0.491 e. The standard InChI is InChI=1S/C33H42N2O2/c1-26(2)20-22-35(30-14-18-32(19-15-30)36-25-29-9-6-5-7-10-29)31-11-8-21-34(24-31)23-28-12-16-33(17-13-28)37-27(3)4/h5-7,9-10,12-20,27,31H,8,11,21-25H2,1-4H3. The van der Waals surface area contributed by atoms with Gasteiger partial charge in [0.05, 0.1) is 6.10 Å². The maximum atomic E-state index is 6.04. The average molecular weight is 499 g/mol. The summed E-state index contributed by atoms with van der Waals surface area (Å²) in [5.41, 5.74) is 5.13. The number of anilines is 1. The van der Waals surface area contributed by atoms with Gasteiger partial charge in [0.15, 0.2) is 0 Å². The van der Waals surface area contributed by atoms with Crippen molar-refractivity contribution in [1.82, 2.24) is 4.90 Å². The molecule has 3 aromatic rings. The molecule has 37 heavy (non-hydrogen) atoms. The van der Waals surface area contributed by atoms with E-state index in [1.807, 2.05) is 18.2 Å². The van der Waals surface area contributed by atoms with Crippen molar-refractivity contribution in [2.45, 2.75) is 65.8 Å². The molecule has 1 atom stereocenters. The van der Waals surface area contributed by atoms with Gasteiger partial charge in [0.25, 0.3) is 0 Å². The number of allylic oxidation sites excluding steroid dienone is 1. The molecular formula is C33H42N2O2. The summed E-state index contributed by atoms with van der Waals surface area (Å²) in [7, 11) is 0. The molecule has 1 unspecified atom stereocenters. The lowest BCUT2D eigenvalue weighted by Crippen LogP contribution is -2.48. The Bertz CT molecular complexity index is 1100. The number of hydrogen-bond donors (Lipinski definition) is 0. The van der Waals surface area contributed by atoms with Crippen molar-refractivity contribution < 1.29 is 9.47 Å². The lowest BCUT2D eigenvalue weighted by atomic mass is 10.0. The number of ether oxygens (including phenoxy) is 2. The minimum atomic E-state index is 0.199. The first kappa shape index (κ1) is 26.8. The van der Waals surface area contributed by atoms with E-state index in [0.29, 0.717) is 12.6 Å². The Morgan fingerprint density at radius 1 is 0.919 bits per heavy atom. The van der Waals surface area contributed by atoms with Crippen LogP contribution in [0.25, 0.3) is 0 Å². The van der Waals surface area contributed by atoms with Gasteiger partial charge >= 0.3 is 0 Å². The normalized spacial score (nSPS) is 15.9. The van der Waals surface area contributed by atoms with Gasteiger partial charge in [0, 0.05) is 31.4 Å². The molecule has 0 amide bonds. The molecule has 4 nitrogen and oxygen atoms in total. The van der Waals surface area contributed by atoms with E-state index >= 15 is 0 Å². The van der Waals surface area contributed by atoms with Gasteiger partial charge < -0.3 is 14.4 Å². The van der Waals surface area contributed by atoms with E-state index in [1.165, 1.54) is 35.2 Å². The van der Waals surface area contributed by atoms with Gasteiger partial charge in [-0.05, 0) is 94.6 Å². The first-order valence-corrected chi connectivity index (χ1v) is 13.6. The summed E-state index contributed by atoms with van der Waals surface area (Å²) in [6, 6.07) is 28.0. The molecule has 0 aromatic heterocycles. The van der Waals surface area contributed by atoms with E-state index in [4.69, 9.17) is 9.47 Å². The minimum absolute atomic E-state index is 0.199. The van der Waals surface area contributed by atoms with Gasteiger partial charge in [-0.3, -0.25) is 4.90 Å². The Kier molecular flexibility index (Phi) is 9.67. The van der Waals surface area contributed by atoms with Crippen LogP contribution in [0.2, 0.25) is 0 Å². The average Bonchev–Trinajstić information content (AvgIpc) is 2.90. The molecule has 1 heterocycles. The number of likely N-dealkylation sites (tertiary alicyclic amines) is 1. The zero-order chi connectivity index (χ0) is 26.0. The maximum Gasteiger partial charge on any atom is 0.119 e. The smallest absolute Gasteiger partial charge is 0.119 e. The summed E-state index contributed by atoms with van der Waals surface area (Å²) in [4.78, 5) is 5.17. The number of hydrogen-bond acceptors (Lipinski definition) is 4. The number of piperidine rings is 1. The second kappa shape index (κ2) is 13.3. The van der Waals surface area contributed by atoms with E-state index in [2.05, 4.69) is 104 Å². The maximum absolute atomic E-state index is 6.04. The Morgan fingerprint density at radius 2 is 1.62 bits per heavy atom. The molecule has 1 aliphatic rings. The molecule has 1 fully saturated rings. The van der Waals surface area contributed by atoms with Crippen LogP contribution in [0.3, 0.4) is 0 Å². The number of benzene rings is 3. The van der Waals surface area contributed by atoms with E-state index < -0.39 is 0 Å². The number of nitrogens with zero attached hydrogens (tertiary/aromatic N) is 2. The van der Waals surface area contributed by atoms with E-state index in [1.54, 1.807) is 0 Å². The summed E-state index contributed by atoms with van der Waals surface area (Å²) in [6.45, 7) is 13.2. The van der Waals surface area contributed by atoms with Crippen LogP contribution in [-0.4, -0.2) is 36.7 Å². The van der Waals surface area contributed by atoms with Gasteiger partial charge in [0.1, 0.15) is 18.1 Å². The van der Waals surface area contributed by atoms with Gasteiger partial charge in [-0.15, -0.1) is 0 Å². The highest BCUT2D eigenvalue weighted by Gasteiger charge is 2.25. The summed E-state index contributed by atoms with van der Waals surface area (Å²) >= 11 is 0. The Hall–Kier alpha value is -3.24. The van der Waals surface area contributed by atoms with Crippen LogP contribution in [-0.2, 0) is 13.2 Å². The van der Waals surface area contributed by atoms with Crippen LogP contribution in [0, 0.1) is 0 Å². The highest BCUT2D eigenvalue weighted by molar-refractivity contribution is 5.51. The quantitative estimate of drug-likeness (QED) is 0.256. The fourth-order valence-corrected chi connectivity index (χ4v) is 4.85. The molecule has 0 aliphatic carbocycles. The first-order valence-electron chi connectivity index (χ1n) is 13.6.